The Morgan fingerprint density at radius 3 is 2.91 bits per heavy atom. The van der Waals surface area contributed by atoms with Gasteiger partial charge in [0.1, 0.15) is 11.6 Å². The highest BCUT2D eigenvalue weighted by atomic mass is 16.5. The lowest BCUT2D eigenvalue weighted by molar-refractivity contribution is -0.134. The van der Waals surface area contributed by atoms with Gasteiger partial charge in [-0.3, -0.25) is 4.79 Å². The second-order valence-electron chi connectivity index (χ2n) is 5.26. The average molecular weight is 313 g/mol. The number of aromatic nitrogens is 2. The summed E-state index contributed by atoms with van der Waals surface area (Å²) in [7, 11) is 1.63. The van der Waals surface area contributed by atoms with E-state index < -0.39 is 0 Å². The number of methoxy groups -OCH3 is 1. The number of hydrogen-bond acceptors (Lipinski definition) is 5. The molecule has 0 saturated carbocycles. The molecule has 0 spiro atoms. The molecule has 1 aliphatic rings. The summed E-state index contributed by atoms with van der Waals surface area (Å²) in [5.74, 6) is 1.34. The minimum Gasteiger partial charge on any atom is -0.497 e. The first kappa shape index (κ1) is 15.4. The van der Waals surface area contributed by atoms with Crippen LogP contribution in [0.4, 0.5) is 0 Å². The second-order valence-corrected chi connectivity index (χ2v) is 5.26. The lowest BCUT2D eigenvalue weighted by atomic mass is 10.1. The van der Waals surface area contributed by atoms with Gasteiger partial charge in [-0.1, -0.05) is 12.1 Å². The zero-order chi connectivity index (χ0) is 16.1. The first-order valence-corrected chi connectivity index (χ1v) is 7.58. The third kappa shape index (κ3) is 3.84. The largest absolute Gasteiger partial charge is 0.497 e. The Morgan fingerprint density at radius 2 is 2.13 bits per heavy atom. The Labute approximate surface area is 135 Å². The number of benzene rings is 1. The first-order chi connectivity index (χ1) is 11.3. The lowest BCUT2D eigenvalue weighted by Gasteiger charge is -2.26. The van der Waals surface area contributed by atoms with Crippen LogP contribution in [0.5, 0.6) is 5.75 Å². The van der Waals surface area contributed by atoms with E-state index in [-0.39, 0.29) is 12.3 Å². The van der Waals surface area contributed by atoms with Crippen molar-refractivity contribution in [2.45, 2.75) is 6.42 Å². The van der Waals surface area contributed by atoms with Crippen molar-refractivity contribution in [2.24, 2.45) is 0 Å². The number of ether oxygens (including phenoxy) is 2. The number of amides is 1. The number of carbonyl (C=O) groups excluding carboxylic acids is 1. The van der Waals surface area contributed by atoms with E-state index in [0.717, 1.165) is 17.0 Å². The smallest absolute Gasteiger partial charge is 0.230 e. The molecule has 120 valence electrons. The van der Waals surface area contributed by atoms with Gasteiger partial charge in [0, 0.05) is 24.8 Å². The molecule has 1 saturated heterocycles. The predicted octanol–water partition coefficient (Wildman–Crippen LogP) is 1.55. The number of rotatable bonds is 4. The Balaban J connectivity index is 1.75. The van der Waals surface area contributed by atoms with Crippen LogP contribution in [0.3, 0.4) is 0 Å². The average Bonchev–Trinajstić information content (AvgIpc) is 2.63. The molecule has 0 aliphatic carbocycles. The predicted molar refractivity (Wildman–Crippen MR) is 85.1 cm³/mol. The normalized spacial score (nSPS) is 14.6. The van der Waals surface area contributed by atoms with Crippen molar-refractivity contribution >= 4 is 5.91 Å². The van der Waals surface area contributed by atoms with Gasteiger partial charge in [-0.05, 0) is 18.2 Å². The van der Waals surface area contributed by atoms with Crippen LogP contribution in [0.25, 0.3) is 11.3 Å². The maximum absolute atomic E-state index is 12.3. The lowest BCUT2D eigenvalue weighted by Crippen LogP contribution is -2.41. The van der Waals surface area contributed by atoms with Crippen molar-refractivity contribution in [3.8, 4) is 17.0 Å². The third-order valence-electron chi connectivity index (χ3n) is 3.74. The summed E-state index contributed by atoms with van der Waals surface area (Å²) in [5.41, 5.74) is 1.72. The van der Waals surface area contributed by atoms with E-state index in [1.165, 1.54) is 0 Å². The molecule has 1 aromatic heterocycles. The van der Waals surface area contributed by atoms with Gasteiger partial charge in [0.05, 0.1) is 32.4 Å². The summed E-state index contributed by atoms with van der Waals surface area (Å²) in [6, 6.07) is 9.49. The van der Waals surface area contributed by atoms with E-state index in [0.29, 0.717) is 32.1 Å². The topological polar surface area (TPSA) is 64.5 Å². The minimum atomic E-state index is 0.0380. The molecular weight excluding hydrogens is 294 g/mol. The van der Waals surface area contributed by atoms with Gasteiger partial charge < -0.3 is 14.4 Å². The van der Waals surface area contributed by atoms with Crippen LogP contribution >= 0.6 is 0 Å². The SMILES string of the molecule is COc1cccc(-c2ccnc(CC(=O)N3CCOCC3)n2)c1. The van der Waals surface area contributed by atoms with Gasteiger partial charge in [-0.25, -0.2) is 9.97 Å². The molecule has 0 radical (unpaired) electrons. The number of hydrogen-bond donors (Lipinski definition) is 0. The molecule has 3 rings (SSSR count). The van der Waals surface area contributed by atoms with Crippen LogP contribution in [0.15, 0.2) is 36.5 Å². The molecule has 6 heteroatoms. The van der Waals surface area contributed by atoms with Gasteiger partial charge in [0.2, 0.25) is 5.91 Å². The molecule has 1 aliphatic heterocycles. The van der Waals surface area contributed by atoms with Crippen molar-refractivity contribution < 1.29 is 14.3 Å². The van der Waals surface area contributed by atoms with E-state index in [1.807, 2.05) is 30.3 Å². The molecule has 2 heterocycles. The van der Waals surface area contributed by atoms with Gasteiger partial charge >= 0.3 is 0 Å². The number of nitrogens with zero attached hydrogens (tertiary/aromatic N) is 3. The maximum atomic E-state index is 12.3. The third-order valence-corrected chi connectivity index (χ3v) is 3.74. The first-order valence-electron chi connectivity index (χ1n) is 7.58. The van der Waals surface area contributed by atoms with Gasteiger partial charge in [0.25, 0.3) is 0 Å². The number of morpholine rings is 1. The highest BCUT2D eigenvalue weighted by molar-refractivity contribution is 5.78. The van der Waals surface area contributed by atoms with Gasteiger partial charge in [-0.2, -0.15) is 0 Å². The Bertz CT molecular complexity index is 684. The second kappa shape index (κ2) is 7.19. The summed E-state index contributed by atoms with van der Waals surface area (Å²) in [5, 5.41) is 0. The summed E-state index contributed by atoms with van der Waals surface area (Å²) >= 11 is 0. The van der Waals surface area contributed by atoms with E-state index >= 15 is 0 Å². The van der Waals surface area contributed by atoms with E-state index in [2.05, 4.69) is 9.97 Å². The minimum absolute atomic E-state index is 0.0380. The van der Waals surface area contributed by atoms with Crippen LogP contribution in [0, 0.1) is 0 Å². The summed E-state index contributed by atoms with van der Waals surface area (Å²) in [6.07, 6.45) is 1.89. The standard InChI is InChI=1S/C17H19N3O3/c1-22-14-4-2-3-13(11-14)15-5-6-18-16(19-15)12-17(21)20-7-9-23-10-8-20/h2-6,11H,7-10,12H2,1H3. The zero-order valence-corrected chi connectivity index (χ0v) is 13.1. The Hall–Kier alpha value is -2.47. The molecule has 0 unspecified atom stereocenters. The van der Waals surface area contributed by atoms with Crippen molar-refractivity contribution in [3.63, 3.8) is 0 Å². The van der Waals surface area contributed by atoms with Crippen LogP contribution in [0.2, 0.25) is 0 Å². The molecule has 1 fully saturated rings. The summed E-state index contributed by atoms with van der Waals surface area (Å²) < 4.78 is 10.5. The van der Waals surface area contributed by atoms with E-state index in [9.17, 15) is 4.79 Å². The van der Waals surface area contributed by atoms with E-state index in [1.54, 1.807) is 18.2 Å². The van der Waals surface area contributed by atoms with Gasteiger partial charge in [0.15, 0.2) is 0 Å². The van der Waals surface area contributed by atoms with Crippen molar-refractivity contribution in [3.05, 3.63) is 42.4 Å². The van der Waals surface area contributed by atoms with Crippen molar-refractivity contribution in [1.29, 1.82) is 0 Å². The molecule has 0 N–H and O–H groups in total. The molecule has 23 heavy (non-hydrogen) atoms. The fourth-order valence-corrected chi connectivity index (χ4v) is 2.49. The zero-order valence-electron chi connectivity index (χ0n) is 13.1. The van der Waals surface area contributed by atoms with Crippen LogP contribution in [-0.2, 0) is 16.0 Å². The molecule has 1 aromatic carbocycles. The van der Waals surface area contributed by atoms with Crippen LogP contribution in [0.1, 0.15) is 5.82 Å². The Kier molecular flexibility index (Phi) is 4.83. The molecule has 6 nitrogen and oxygen atoms in total. The fraction of sp³-hybridized carbons (Fsp3) is 0.353. The summed E-state index contributed by atoms with van der Waals surface area (Å²) in [4.78, 5) is 22.8. The monoisotopic (exact) mass is 313 g/mol. The van der Waals surface area contributed by atoms with Gasteiger partial charge in [-0.15, -0.1) is 0 Å². The molecule has 1 amide bonds. The maximum Gasteiger partial charge on any atom is 0.230 e. The van der Waals surface area contributed by atoms with E-state index in [4.69, 9.17) is 9.47 Å². The molecular formula is C17H19N3O3. The quantitative estimate of drug-likeness (QED) is 0.857. The Morgan fingerprint density at radius 1 is 1.30 bits per heavy atom. The number of carbonyl (C=O) groups is 1. The molecule has 0 atom stereocenters. The molecule has 2 aromatic rings. The highest BCUT2D eigenvalue weighted by Gasteiger charge is 2.18. The highest BCUT2D eigenvalue weighted by Crippen LogP contribution is 2.21. The van der Waals surface area contributed by atoms with Crippen molar-refractivity contribution in [2.75, 3.05) is 33.4 Å². The molecule has 0 bridgehead atoms. The van der Waals surface area contributed by atoms with Crippen LogP contribution < -0.4 is 4.74 Å². The summed E-state index contributed by atoms with van der Waals surface area (Å²) in [6.45, 7) is 2.45. The van der Waals surface area contributed by atoms with Crippen LogP contribution in [-0.4, -0.2) is 54.2 Å². The van der Waals surface area contributed by atoms with Crippen molar-refractivity contribution in [1.82, 2.24) is 14.9 Å². The fourth-order valence-electron chi connectivity index (χ4n) is 2.49.